The van der Waals surface area contributed by atoms with Crippen LogP contribution in [0.1, 0.15) is 11.1 Å². The lowest BCUT2D eigenvalue weighted by Crippen LogP contribution is -2.39. The first-order valence-electron chi connectivity index (χ1n) is 5.43. The second-order valence-electron chi connectivity index (χ2n) is 3.72. The fourth-order valence-corrected chi connectivity index (χ4v) is 1.32. The zero-order valence-electron chi connectivity index (χ0n) is 10.1. The Hall–Kier alpha value is -2.56. The highest BCUT2D eigenvalue weighted by molar-refractivity contribution is 6.35. The number of alkyl halides is 3. The maximum Gasteiger partial charge on any atom is 0.416 e. The molecule has 0 aliphatic heterocycles. The molecule has 20 heavy (non-hydrogen) atoms. The first kappa shape index (κ1) is 15.5. The predicted octanol–water partition coefficient (Wildman–Crippen LogP) is 0.961. The fourth-order valence-electron chi connectivity index (χ4n) is 1.32. The summed E-state index contributed by atoms with van der Waals surface area (Å²) in [7, 11) is 0. The van der Waals surface area contributed by atoms with Crippen LogP contribution in [0.5, 0.6) is 0 Å². The van der Waals surface area contributed by atoms with E-state index in [1.165, 1.54) is 12.1 Å². The topological polar surface area (TPSA) is 82.0 Å². The van der Waals surface area contributed by atoms with E-state index in [4.69, 9.17) is 5.26 Å². The van der Waals surface area contributed by atoms with Crippen LogP contribution in [0.25, 0.3) is 0 Å². The smallest absolute Gasteiger partial charge is 0.344 e. The van der Waals surface area contributed by atoms with Crippen LogP contribution in [0.2, 0.25) is 0 Å². The van der Waals surface area contributed by atoms with Crippen molar-refractivity contribution in [2.24, 2.45) is 0 Å². The Morgan fingerprint density at radius 2 is 1.85 bits per heavy atom. The first-order valence-corrected chi connectivity index (χ1v) is 5.43. The molecule has 2 N–H and O–H groups in total. The van der Waals surface area contributed by atoms with Gasteiger partial charge in [0.25, 0.3) is 0 Å². The Bertz CT molecular complexity index is 550. The van der Waals surface area contributed by atoms with Gasteiger partial charge in [-0.1, -0.05) is 12.1 Å². The third-order valence-electron chi connectivity index (χ3n) is 2.24. The molecule has 0 bridgehead atoms. The number of nitriles is 1. The van der Waals surface area contributed by atoms with Gasteiger partial charge in [-0.3, -0.25) is 9.59 Å². The lowest BCUT2D eigenvalue weighted by Gasteiger charge is -2.09. The SMILES string of the molecule is N#CCNC(=O)C(=O)NCc1cccc(C(F)(F)F)c1. The number of hydrogen-bond acceptors (Lipinski definition) is 3. The van der Waals surface area contributed by atoms with Crippen molar-refractivity contribution in [1.29, 1.82) is 5.26 Å². The maximum atomic E-state index is 12.5. The van der Waals surface area contributed by atoms with Gasteiger partial charge in [-0.05, 0) is 17.7 Å². The van der Waals surface area contributed by atoms with Gasteiger partial charge >= 0.3 is 18.0 Å². The number of amides is 2. The first-order chi connectivity index (χ1) is 9.34. The second-order valence-corrected chi connectivity index (χ2v) is 3.72. The largest absolute Gasteiger partial charge is 0.416 e. The van der Waals surface area contributed by atoms with Crippen LogP contribution in [0, 0.1) is 11.3 Å². The van der Waals surface area contributed by atoms with Gasteiger partial charge in [-0.15, -0.1) is 0 Å². The Kier molecular flexibility index (Phi) is 5.08. The summed E-state index contributed by atoms with van der Waals surface area (Å²) in [5.74, 6) is -2.03. The van der Waals surface area contributed by atoms with Crippen LogP contribution in [-0.2, 0) is 22.3 Å². The van der Waals surface area contributed by atoms with Crippen molar-refractivity contribution in [3.05, 3.63) is 35.4 Å². The molecule has 1 aromatic carbocycles. The third kappa shape index (κ3) is 4.61. The standard InChI is InChI=1S/C12H10F3N3O2/c13-12(14,15)9-3-1-2-8(6-9)7-18-11(20)10(19)17-5-4-16/h1-3,6H,5,7H2,(H,17,19)(H,18,20). The Labute approximate surface area is 112 Å². The molecule has 0 heterocycles. The monoisotopic (exact) mass is 285 g/mol. The van der Waals surface area contributed by atoms with Gasteiger partial charge in [-0.2, -0.15) is 18.4 Å². The number of carbonyl (C=O) groups is 2. The van der Waals surface area contributed by atoms with E-state index in [0.717, 1.165) is 12.1 Å². The molecule has 0 aromatic heterocycles. The number of nitrogens with one attached hydrogen (secondary N) is 2. The zero-order valence-corrected chi connectivity index (χ0v) is 10.1. The summed E-state index contributed by atoms with van der Waals surface area (Å²) in [6.07, 6.45) is -4.47. The molecule has 0 aliphatic rings. The quantitative estimate of drug-likeness (QED) is 0.641. The summed E-state index contributed by atoms with van der Waals surface area (Å²) in [6.45, 7) is -0.543. The predicted molar refractivity (Wildman–Crippen MR) is 61.9 cm³/mol. The van der Waals surface area contributed by atoms with Gasteiger partial charge in [0, 0.05) is 6.54 Å². The van der Waals surface area contributed by atoms with Crippen LogP contribution < -0.4 is 10.6 Å². The number of hydrogen-bond donors (Lipinski definition) is 2. The number of rotatable bonds is 3. The molecule has 1 rings (SSSR count). The summed E-state index contributed by atoms with van der Waals surface area (Å²) < 4.78 is 37.4. The van der Waals surface area contributed by atoms with E-state index in [1.54, 1.807) is 6.07 Å². The average molecular weight is 285 g/mol. The van der Waals surface area contributed by atoms with Gasteiger partial charge in [0.15, 0.2) is 0 Å². The second kappa shape index (κ2) is 6.56. The molecule has 0 unspecified atom stereocenters. The minimum atomic E-state index is -4.47. The molecular formula is C12H10F3N3O2. The molecule has 5 nitrogen and oxygen atoms in total. The molecule has 0 atom stereocenters. The lowest BCUT2D eigenvalue weighted by molar-refractivity contribution is -0.139. The molecule has 2 amide bonds. The highest BCUT2D eigenvalue weighted by Crippen LogP contribution is 2.29. The van der Waals surface area contributed by atoms with E-state index in [2.05, 4.69) is 5.32 Å². The van der Waals surface area contributed by atoms with E-state index in [0.29, 0.717) is 0 Å². The minimum absolute atomic E-state index is 0.209. The maximum absolute atomic E-state index is 12.5. The van der Waals surface area contributed by atoms with Crippen molar-refractivity contribution in [3.63, 3.8) is 0 Å². The molecule has 0 fully saturated rings. The molecule has 106 valence electrons. The lowest BCUT2D eigenvalue weighted by atomic mass is 10.1. The fraction of sp³-hybridized carbons (Fsp3) is 0.250. The zero-order chi connectivity index (χ0) is 15.2. The normalized spacial score (nSPS) is 10.5. The van der Waals surface area contributed by atoms with Crippen LogP contribution in [0.15, 0.2) is 24.3 Å². The Balaban J connectivity index is 2.60. The molecule has 8 heteroatoms. The van der Waals surface area contributed by atoms with E-state index < -0.39 is 23.6 Å². The van der Waals surface area contributed by atoms with Crippen molar-refractivity contribution < 1.29 is 22.8 Å². The van der Waals surface area contributed by atoms with Crippen molar-refractivity contribution in [2.45, 2.75) is 12.7 Å². The van der Waals surface area contributed by atoms with Gasteiger partial charge in [0.2, 0.25) is 0 Å². The van der Waals surface area contributed by atoms with E-state index in [9.17, 15) is 22.8 Å². The van der Waals surface area contributed by atoms with E-state index in [-0.39, 0.29) is 18.7 Å². The van der Waals surface area contributed by atoms with Gasteiger partial charge in [0.1, 0.15) is 6.54 Å². The number of nitrogens with zero attached hydrogens (tertiary/aromatic N) is 1. The summed E-state index contributed by atoms with van der Waals surface area (Å²) in [5.41, 5.74) is -0.626. The number of carbonyl (C=O) groups excluding carboxylic acids is 2. The van der Waals surface area contributed by atoms with Gasteiger partial charge < -0.3 is 10.6 Å². The molecule has 0 saturated carbocycles. The summed E-state index contributed by atoms with van der Waals surface area (Å²) >= 11 is 0. The van der Waals surface area contributed by atoms with E-state index in [1.807, 2.05) is 5.32 Å². The van der Waals surface area contributed by atoms with Crippen molar-refractivity contribution in [2.75, 3.05) is 6.54 Å². The van der Waals surface area contributed by atoms with Crippen LogP contribution >= 0.6 is 0 Å². The van der Waals surface area contributed by atoms with Crippen LogP contribution in [0.4, 0.5) is 13.2 Å². The van der Waals surface area contributed by atoms with Crippen molar-refractivity contribution in [3.8, 4) is 6.07 Å². The van der Waals surface area contributed by atoms with Crippen molar-refractivity contribution in [1.82, 2.24) is 10.6 Å². The molecule has 1 aromatic rings. The summed E-state index contributed by atoms with van der Waals surface area (Å²) in [4.78, 5) is 22.3. The highest BCUT2D eigenvalue weighted by atomic mass is 19.4. The van der Waals surface area contributed by atoms with Crippen LogP contribution in [-0.4, -0.2) is 18.4 Å². The van der Waals surface area contributed by atoms with Crippen LogP contribution in [0.3, 0.4) is 0 Å². The highest BCUT2D eigenvalue weighted by Gasteiger charge is 2.30. The minimum Gasteiger partial charge on any atom is -0.344 e. The third-order valence-corrected chi connectivity index (χ3v) is 2.24. The summed E-state index contributed by atoms with van der Waals surface area (Å²) in [6, 6.07) is 6.00. The number of halogens is 3. The Morgan fingerprint density at radius 3 is 2.45 bits per heavy atom. The average Bonchev–Trinajstić information content (AvgIpc) is 2.41. The molecule has 0 radical (unpaired) electrons. The molecule has 0 saturated heterocycles. The molecule has 0 aliphatic carbocycles. The summed E-state index contributed by atoms with van der Waals surface area (Å²) in [5, 5.41) is 12.4. The van der Waals surface area contributed by atoms with E-state index >= 15 is 0 Å². The molecule has 0 spiro atoms. The Morgan fingerprint density at radius 1 is 1.20 bits per heavy atom. The van der Waals surface area contributed by atoms with Crippen molar-refractivity contribution >= 4 is 11.8 Å². The molecular weight excluding hydrogens is 275 g/mol. The van der Waals surface area contributed by atoms with Gasteiger partial charge in [-0.25, -0.2) is 0 Å². The van der Waals surface area contributed by atoms with Gasteiger partial charge in [0.05, 0.1) is 11.6 Å². The number of benzene rings is 1.